The Kier molecular flexibility index (Phi) is 2.83. The molecule has 1 aromatic heterocycles. The highest BCUT2D eigenvalue weighted by Gasteiger charge is 2.07. The molecule has 3 rings (SSSR count). The highest BCUT2D eigenvalue weighted by atomic mass is 79.9. The molecule has 0 atom stereocenters. The molecule has 4 nitrogen and oxygen atoms in total. The smallest absolute Gasteiger partial charge is 0.259 e. The summed E-state index contributed by atoms with van der Waals surface area (Å²) in [6.45, 7) is 0. The molecule has 94 valence electrons. The van der Waals surface area contributed by atoms with Crippen LogP contribution in [0.2, 0.25) is 0 Å². The van der Waals surface area contributed by atoms with E-state index in [0.29, 0.717) is 21.2 Å². The van der Waals surface area contributed by atoms with E-state index < -0.39 is 0 Å². The van der Waals surface area contributed by atoms with Gasteiger partial charge in [-0.25, -0.2) is 4.98 Å². The number of aromatic amines is 1. The molecule has 0 saturated carbocycles. The monoisotopic (exact) mass is 316 g/mol. The number of hydrogen-bond acceptors (Lipinski definition) is 3. The number of aromatic hydroxyl groups is 1. The number of nitrogens with zero attached hydrogens (tertiary/aromatic N) is 1. The van der Waals surface area contributed by atoms with Crippen molar-refractivity contribution >= 4 is 26.8 Å². The van der Waals surface area contributed by atoms with Crippen molar-refractivity contribution in [2.75, 3.05) is 0 Å². The lowest BCUT2D eigenvalue weighted by Crippen LogP contribution is -2.09. The Hall–Kier alpha value is -2.14. The molecule has 0 aliphatic carbocycles. The van der Waals surface area contributed by atoms with E-state index in [-0.39, 0.29) is 11.3 Å². The molecular formula is C14H9BrN2O2. The molecule has 3 aromatic rings. The average molecular weight is 317 g/mol. The van der Waals surface area contributed by atoms with E-state index in [1.165, 1.54) is 0 Å². The number of para-hydroxylation sites is 1. The second-order valence-electron chi connectivity index (χ2n) is 4.10. The second-order valence-corrected chi connectivity index (χ2v) is 4.95. The summed E-state index contributed by atoms with van der Waals surface area (Å²) in [6, 6.07) is 12.1. The van der Waals surface area contributed by atoms with E-state index in [1.54, 1.807) is 36.4 Å². The van der Waals surface area contributed by atoms with Gasteiger partial charge < -0.3 is 10.1 Å². The van der Waals surface area contributed by atoms with Crippen molar-refractivity contribution in [1.29, 1.82) is 0 Å². The van der Waals surface area contributed by atoms with Gasteiger partial charge in [0.05, 0.1) is 15.4 Å². The van der Waals surface area contributed by atoms with Gasteiger partial charge in [0.15, 0.2) is 0 Å². The third-order valence-corrected chi connectivity index (χ3v) is 3.47. The summed E-state index contributed by atoms with van der Waals surface area (Å²) in [5.41, 5.74) is 1.20. The first-order valence-electron chi connectivity index (χ1n) is 5.63. The Labute approximate surface area is 116 Å². The Bertz CT molecular complexity index is 827. The van der Waals surface area contributed by atoms with Gasteiger partial charge in [0, 0.05) is 5.56 Å². The molecule has 0 amide bonds. The van der Waals surface area contributed by atoms with Crippen LogP contribution in [0.3, 0.4) is 0 Å². The number of benzene rings is 2. The first-order valence-corrected chi connectivity index (χ1v) is 6.42. The van der Waals surface area contributed by atoms with Crippen LogP contribution in [0.1, 0.15) is 0 Å². The number of phenolic OH excluding ortho intramolecular Hbond substituents is 1. The van der Waals surface area contributed by atoms with Crippen LogP contribution in [0.15, 0.2) is 51.7 Å². The lowest BCUT2D eigenvalue weighted by atomic mass is 10.2. The standard InChI is InChI=1S/C14H9BrN2O2/c15-10-7-8(5-6-12(10)18)13-16-11-4-2-1-3-9(11)14(19)17-13/h1-7,18H,(H,16,17,19). The zero-order chi connectivity index (χ0) is 13.4. The number of rotatable bonds is 1. The molecule has 0 saturated heterocycles. The van der Waals surface area contributed by atoms with Crippen LogP contribution in [0, 0.1) is 0 Å². The largest absolute Gasteiger partial charge is 0.507 e. The SMILES string of the molecule is O=c1[nH]c(-c2ccc(O)c(Br)c2)nc2ccccc12. The average Bonchev–Trinajstić information content (AvgIpc) is 2.42. The zero-order valence-corrected chi connectivity index (χ0v) is 11.3. The fourth-order valence-corrected chi connectivity index (χ4v) is 2.26. The molecule has 1 heterocycles. The molecule has 2 aromatic carbocycles. The molecule has 5 heteroatoms. The van der Waals surface area contributed by atoms with Gasteiger partial charge in [0.25, 0.3) is 5.56 Å². The van der Waals surface area contributed by atoms with E-state index in [9.17, 15) is 9.90 Å². The first kappa shape index (κ1) is 11.9. The molecule has 0 fully saturated rings. The maximum absolute atomic E-state index is 12.0. The molecule has 0 radical (unpaired) electrons. The lowest BCUT2D eigenvalue weighted by molar-refractivity contribution is 0.472. The summed E-state index contributed by atoms with van der Waals surface area (Å²) in [4.78, 5) is 19.1. The van der Waals surface area contributed by atoms with Crippen LogP contribution in [-0.2, 0) is 0 Å². The highest BCUT2D eigenvalue weighted by Crippen LogP contribution is 2.28. The molecule has 0 spiro atoms. The molecule has 19 heavy (non-hydrogen) atoms. The van der Waals surface area contributed by atoms with Crippen molar-refractivity contribution in [3.05, 3.63) is 57.3 Å². The van der Waals surface area contributed by atoms with Crippen LogP contribution < -0.4 is 5.56 Å². The minimum absolute atomic E-state index is 0.145. The van der Waals surface area contributed by atoms with Crippen molar-refractivity contribution in [3.63, 3.8) is 0 Å². The summed E-state index contributed by atoms with van der Waals surface area (Å²) < 4.78 is 0.556. The number of phenols is 1. The van der Waals surface area contributed by atoms with Crippen LogP contribution in [0.4, 0.5) is 0 Å². The Balaban J connectivity index is 2.25. The van der Waals surface area contributed by atoms with Gasteiger partial charge in [-0.1, -0.05) is 12.1 Å². The van der Waals surface area contributed by atoms with Crippen LogP contribution in [-0.4, -0.2) is 15.1 Å². The van der Waals surface area contributed by atoms with Gasteiger partial charge in [0.2, 0.25) is 0 Å². The fourth-order valence-electron chi connectivity index (χ4n) is 1.88. The minimum Gasteiger partial charge on any atom is -0.507 e. The topological polar surface area (TPSA) is 66.0 Å². The van der Waals surface area contributed by atoms with Gasteiger partial charge in [-0.15, -0.1) is 0 Å². The maximum Gasteiger partial charge on any atom is 0.259 e. The normalized spacial score (nSPS) is 10.8. The van der Waals surface area contributed by atoms with Crippen molar-refractivity contribution in [1.82, 2.24) is 9.97 Å². The van der Waals surface area contributed by atoms with Crippen molar-refractivity contribution in [3.8, 4) is 17.1 Å². The summed E-state index contributed by atoms with van der Waals surface area (Å²) in [6.07, 6.45) is 0. The van der Waals surface area contributed by atoms with Crippen LogP contribution in [0.5, 0.6) is 5.75 Å². The summed E-state index contributed by atoms with van der Waals surface area (Å²) in [7, 11) is 0. The Morgan fingerprint density at radius 2 is 1.95 bits per heavy atom. The second kappa shape index (κ2) is 4.51. The van der Waals surface area contributed by atoms with E-state index >= 15 is 0 Å². The van der Waals surface area contributed by atoms with E-state index in [1.807, 2.05) is 6.07 Å². The van der Waals surface area contributed by atoms with Crippen molar-refractivity contribution in [2.45, 2.75) is 0 Å². The van der Waals surface area contributed by atoms with E-state index in [0.717, 1.165) is 5.56 Å². The third-order valence-electron chi connectivity index (χ3n) is 2.83. The third kappa shape index (κ3) is 2.13. The number of fused-ring (bicyclic) bond motifs is 1. The molecule has 2 N–H and O–H groups in total. The van der Waals surface area contributed by atoms with Gasteiger partial charge in [0.1, 0.15) is 11.6 Å². The van der Waals surface area contributed by atoms with Gasteiger partial charge in [-0.3, -0.25) is 4.79 Å². The number of halogens is 1. The van der Waals surface area contributed by atoms with E-state index in [4.69, 9.17) is 0 Å². The molecule has 0 unspecified atom stereocenters. The maximum atomic E-state index is 12.0. The zero-order valence-electron chi connectivity index (χ0n) is 9.72. The molecule has 0 bridgehead atoms. The van der Waals surface area contributed by atoms with Crippen molar-refractivity contribution < 1.29 is 5.11 Å². The molecule has 0 aliphatic rings. The minimum atomic E-state index is -0.176. The number of aromatic nitrogens is 2. The van der Waals surface area contributed by atoms with Crippen LogP contribution in [0.25, 0.3) is 22.3 Å². The first-order chi connectivity index (χ1) is 9.15. The lowest BCUT2D eigenvalue weighted by Gasteiger charge is -2.04. The quantitative estimate of drug-likeness (QED) is 0.725. The van der Waals surface area contributed by atoms with Gasteiger partial charge in [-0.2, -0.15) is 0 Å². The predicted molar refractivity (Wildman–Crippen MR) is 77.2 cm³/mol. The van der Waals surface area contributed by atoms with Crippen molar-refractivity contribution in [2.24, 2.45) is 0 Å². The Morgan fingerprint density at radius 1 is 1.16 bits per heavy atom. The number of nitrogens with one attached hydrogen (secondary N) is 1. The van der Waals surface area contributed by atoms with Gasteiger partial charge in [-0.05, 0) is 46.3 Å². The molecular weight excluding hydrogens is 308 g/mol. The van der Waals surface area contributed by atoms with E-state index in [2.05, 4.69) is 25.9 Å². The predicted octanol–water partition coefficient (Wildman–Crippen LogP) is 3.06. The highest BCUT2D eigenvalue weighted by molar-refractivity contribution is 9.10. The number of hydrogen-bond donors (Lipinski definition) is 2. The summed E-state index contributed by atoms with van der Waals surface area (Å²) >= 11 is 3.24. The Morgan fingerprint density at radius 3 is 2.74 bits per heavy atom. The summed E-state index contributed by atoms with van der Waals surface area (Å²) in [5, 5.41) is 10.0. The summed E-state index contributed by atoms with van der Waals surface area (Å²) in [5.74, 6) is 0.622. The molecule has 0 aliphatic heterocycles. The van der Waals surface area contributed by atoms with Crippen LogP contribution >= 0.6 is 15.9 Å². The fraction of sp³-hybridized carbons (Fsp3) is 0. The van der Waals surface area contributed by atoms with Gasteiger partial charge >= 0.3 is 0 Å². The number of H-pyrrole nitrogens is 1.